The van der Waals surface area contributed by atoms with E-state index in [-0.39, 0.29) is 16.7 Å². The predicted octanol–water partition coefficient (Wildman–Crippen LogP) is 7.79. The summed E-state index contributed by atoms with van der Waals surface area (Å²) >= 11 is 0. The summed E-state index contributed by atoms with van der Waals surface area (Å²) in [5.74, 6) is 2.52. The van der Waals surface area contributed by atoms with Crippen LogP contribution in [-0.2, 0) is 22.2 Å². The van der Waals surface area contributed by atoms with Gasteiger partial charge in [-0.2, -0.15) is 0 Å². The molecule has 1 amide bonds. The van der Waals surface area contributed by atoms with Crippen molar-refractivity contribution >= 4 is 5.91 Å². The molecule has 0 radical (unpaired) electrons. The molecule has 41 heavy (non-hydrogen) atoms. The molecule has 0 aliphatic rings. The lowest BCUT2D eigenvalue weighted by Crippen LogP contribution is -2.31. The van der Waals surface area contributed by atoms with Crippen LogP contribution in [0, 0.1) is 0 Å². The van der Waals surface area contributed by atoms with E-state index in [0.717, 1.165) is 56.3 Å². The minimum Gasteiger partial charge on any atom is -0.493 e. The number of unbranched alkanes of at least 4 members (excludes halogenated alkanes) is 3. The molecule has 0 saturated carbocycles. The fourth-order valence-electron chi connectivity index (χ4n) is 4.83. The average molecular weight is 569 g/mol. The first-order valence-electron chi connectivity index (χ1n) is 15.5. The Labute approximate surface area is 249 Å². The highest BCUT2D eigenvalue weighted by Crippen LogP contribution is 2.38. The van der Waals surface area contributed by atoms with Crippen LogP contribution in [-0.4, -0.2) is 44.7 Å². The second-order valence-electron chi connectivity index (χ2n) is 12.3. The molecular formula is C35H56N2O4. The first-order chi connectivity index (χ1) is 19.5. The van der Waals surface area contributed by atoms with E-state index in [0.29, 0.717) is 44.2 Å². The third-order valence-electron chi connectivity index (χ3n) is 8.61. The van der Waals surface area contributed by atoms with Crippen LogP contribution >= 0.6 is 0 Å². The molecule has 2 N–H and O–H groups in total. The van der Waals surface area contributed by atoms with Gasteiger partial charge in [0.2, 0.25) is 5.91 Å². The largest absolute Gasteiger partial charge is 0.493 e. The topological polar surface area (TPSA) is 74.0 Å². The summed E-state index contributed by atoms with van der Waals surface area (Å²) < 4.78 is 17.3. The molecule has 0 bridgehead atoms. The van der Waals surface area contributed by atoms with Crippen molar-refractivity contribution in [3.05, 3.63) is 53.1 Å². The zero-order chi connectivity index (χ0) is 30.5. The van der Waals surface area contributed by atoms with Crippen molar-refractivity contribution in [2.45, 2.75) is 110 Å². The Balaban J connectivity index is 2.07. The highest BCUT2D eigenvalue weighted by atomic mass is 16.5. The Bertz CT molecular complexity index is 1080. The number of nitrogens with two attached hydrogens (primary N) is 1. The van der Waals surface area contributed by atoms with E-state index in [4.69, 9.17) is 19.9 Å². The van der Waals surface area contributed by atoms with Crippen LogP contribution in [0.4, 0.5) is 0 Å². The van der Waals surface area contributed by atoms with Gasteiger partial charge in [0, 0.05) is 25.1 Å². The fourth-order valence-corrected chi connectivity index (χ4v) is 4.83. The van der Waals surface area contributed by atoms with E-state index >= 15 is 0 Å². The Kier molecular flexibility index (Phi) is 14.0. The molecule has 0 unspecified atom stereocenters. The zero-order valence-electron chi connectivity index (χ0n) is 27.1. The van der Waals surface area contributed by atoms with Crippen molar-refractivity contribution in [1.29, 1.82) is 0 Å². The zero-order valence-corrected chi connectivity index (χ0v) is 27.1. The summed E-state index contributed by atoms with van der Waals surface area (Å²) in [6.07, 6.45) is 7.20. The first kappa shape index (κ1) is 34.5. The van der Waals surface area contributed by atoms with Crippen LogP contribution in [0.25, 0.3) is 0 Å². The summed E-state index contributed by atoms with van der Waals surface area (Å²) in [4.78, 5) is 15.2. The second kappa shape index (κ2) is 16.6. The summed E-state index contributed by atoms with van der Waals surface area (Å²) in [5, 5.41) is 0. The molecule has 2 rings (SSSR count). The average Bonchev–Trinajstić information content (AvgIpc) is 2.98. The number of carbonyl (C=O) groups is 1. The predicted molar refractivity (Wildman–Crippen MR) is 170 cm³/mol. The van der Waals surface area contributed by atoms with E-state index in [9.17, 15) is 4.79 Å². The van der Waals surface area contributed by atoms with Gasteiger partial charge in [-0.05, 0) is 85.2 Å². The molecule has 0 aliphatic heterocycles. The summed E-state index contributed by atoms with van der Waals surface area (Å²) in [6, 6.07) is 12.6. The Hall–Kier alpha value is -2.73. The van der Waals surface area contributed by atoms with Gasteiger partial charge < -0.3 is 24.8 Å². The highest BCUT2D eigenvalue weighted by Gasteiger charge is 2.26. The monoisotopic (exact) mass is 568 g/mol. The van der Waals surface area contributed by atoms with Crippen LogP contribution in [0.15, 0.2) is 36.4 Å². The first-order valence-corrected chi connectivity index (χ1v) is 15.5. The Morgan fingerprint density at radius 1 is 0.805 bits per heavy atom. The second-order valence-corrected chi connectivity index (χ2v) is 12.3. The number of carbonyl (C=O) groups excluding carboxylic acids is 1. The van der Waals surface area contributed by atoms with E-state index in [1.165, 1.54) is 11.1 Å². The van der Waals surface area contributed by atoms with Gasteiger partial charge >= 0.3 is 0 Å². The van der Waals surface area contributed by atoms with Crippen molar-refractivity contribution in [1.82, 2.24) is 4.90 Å². The van der Waals surface area contributed by atoms with Gasteiger partial charge in [0.1, 0.15) is 5.75 Å². The van der Waals surface area contributed by atoms with Gasteiger partial charge in [-0.3, -0.25) is 4.79 Å². The third kappa shape index (κ3) is 10.2. The van der Waals surface area contributed by atoms with Crippen LogP contribution in [0.1, 0.15) is 110 Å². The molecule has 0 saturated heterocycles. The molecular weight excluding hydrogens is 512 g/mol. The molecule has 2 aromatic rings. The lowest BCUT2D eigenvalue weighted by Gasteiger charge is -2.30. The van der Waals surface area contributed by atoms with Crippen LogP contribution in [0.5, 0.6) is 17.2 Å². The lowest BCUT2D eigenvalue weighted by molar-refractivity contribution is -0.132. The molecule has 230 valence electrons. The van der Waals surface area contributed by atoms with E-state index in [2.05, 4.69) is 59.7 Å². The fraction of sp³-hybridized carbons (Fsp3) is 0.629. The highest BCUT2D eigenvalue weighted by molar-refractivity contribution is 5.76. The number of nitrogens with zero attached hydrogens (tertiary/aromatic N) is 1. The Morgan fingerprint density at radius 2 is 1.49 bits per heavy atom. The number of rotatable bonds is 19. The molecule has 6 nitrogen and oxygen atoms in total. The van der Waals surface area contributed by atoms with Crippen LogP contribution < -0.4 is 19.9 Å². The SMILES string of the molecule is CCC(C)(C)c1ccc(OCCCCN(Cc2ccc(OC)c(OC)c2)C(=O)CCCCCN)c(C(C)(C)CC)c1. The molecule has 0 aromatic heterocycles. The third-order valence-corrected chi connectivity index (χ3v) is 8.61. The number of ether oxygens (including phenoxy) is 3. The van der Waals surface area contributed by atoms with Crippen molar-refractivity contribution in [3.8, 4) is 17.2 Å². The van der Waals surface area contributed by atoms with Crippen LogP contribution in [0.2, 0.25) is 0 Å². The quantitative estimate of drug-likeness (QED) is 0.175. The standard InChI is InChI=1S/C35H56N2O4/c1-9-34(3,4)28-18-20-30(29(25-28)35(5,6)10-2)41-23-15-14-22-37(33(38)16-12-11-13-21-36)26-27-17-19-31(39-7)32(24-27)40-8/h17-20,24-25H,9-16,21-23,26,36H2,1-8H3. The number of hydrogen-bond donors (Lipinski definition) is 1. The normalized spacial score (nSPS) is 11.8. The van der Waals surface area contributed by atoms with Gasteiger partial charge in [0.05, 0.1) is 20.8 Å². The van der Waals surface area contributed by atoms with Gasteiger partial charge in [-0.25, -0.2) is 0 Å². The molecule has 0 spiro atoms. The molecule has 6 heteroatoms. The minimum atomic E-state index is 0.0295. The lowest BCUT2D eigenvalue weighted by atomic mass is 9.76. The van der Waals surface area contributed by atoms with Gasteiger partial charge in [-0.15, -0.1) is 0 Å². The van der Waals surface area contributed by atoms with Crippen molar-refractivity contribution in [2.24, 2.45) is 5.73 Å². The number of amides is 1. The van der Waals surface area contributed by atoms with E-state index in [1.807, 2.05) is 23.1 Å². The molecule has 2 aromatic carbocycles. The molecule has 0 aliphatic carbocycles. The van der Waals surface area contributed by atoms with E-state index < -0.39 is 0 Å². The van der Waals surface area contributed by atoms with Crippen LogP contribution in [0.3, 0.4) is 0 Å². The maximum absolute atomic E-state index is 13.2. The van der Waals surface area contributed by atoms with Gasteiger partial charge in [0.15, 0.2) is 11.5 Å². The molecule has 0 heterocycles. The Morgan fingerprint density at radius 3 is 2.12 bits per heavy atom. The summed E-state index contributed by atoms with van der Waals surface area (Å²) in [5.41, 5.74) is 9.46. The molecule has 0 fully saturated rings. The number of methoxy groups -OCH3 is 2. The van der Waals surface area contributed by atoms with E-state index in [1.54, 1.807) is 14.2 Å². The van der Waals surface area contributed by atoms with Gasteiger partial charge in [-0.1, -0.05) is 66.2 Å². The maximum atomic E-state index is 13.2. The molecule has 0 atom stereocenters. The van der Waals surface area contributed by atoms with Crippen molar-refractivity contribution in [2.75, 3.05) is 33.9 Å². The maximum Gasteiger partial charge on any atom is 0.222 e. The van der Waals surface area contributed by atoms with Crippen molar-refractivity contribution < 1.29 is 19.0 Å². The number of hydrogen-bond acceptors (Lipinski definition) is 5. The van der Waals surface area contributed by atoms with Crippen molar-refractivity contribution in [3.63, 3.8) is 0 Å². The summed E-state index contributed by atoms with van der Waals surface area (Å²) in [7, 11) is 3.26. The summed E-state index contributed by atoms with van der Waals surface area (Å²) in [6.45, 7) is 16.2. The number of benzene rings is 2. The van der Waals surface area contributed by atoms with Gasteiger partial charge in [0.25, 0.3) is 0 Å². The minimum absolute atomic E-state index is 0.0295. The smallest absolute Gasteiger partial charge is 0.222 e.